The molecule has 12 nitrogen and oxygen atoms in total. The van der Waals surface area contributed by atoms with E-state index in [1.54, 1.807) is 7.05 Å². The van der Waals surface area contributed by atoms with Crippen LogP contribution in [0.5, 0.6) is 0 Å². The van der Waals surface area contributed by atoms with Crippen LogP contribution in [0.1, 0.15) is 25.3 Å². The number of nitrogens with zero attached hydrogens (tertiary/aromatic N) is 6. The monoisotopic (exact) mass is 478 g/mol. The van der Waals surface area contributed by atoms with Gasteiger partial charge in [-0.25, -0.2) is 9.78 Å². The molecule has 0 aliphatic rings. The van der Waals surface area contributed by atoms with Crippen LogP contribution in [0, 0.1) is 0 Å². The average Bonchev–Trinajstić information content (AvgIpc) is 3.22. The van der Waals surface area contributed by atoms with Crippen molar-refractivity contribution in [3.63, 3.8) is 0 Å². The average molecular weight is 479 g/mol. The molecule has 3 aromatic heterocycles. The molecule has 35 heavy (non-hydrogen) atoms. The van der Waals surface area contributed by atoms with Crippen molar-refractivity contribution in [2.24, 2.45) is 7.05 Å². The number of carbonyl (C=O) groups is 1. The maximum absolute atomic E-state index is 13.2. The molecule has 4 rings (SSSR count). The highest BCUT2D eigenvalue weighted by atomic mass is 16.2. The second kappa shape index (κ2) is 9.79. The van der Waals surface area contributed by atoms with Gasteiger partial charge in [0, 0.05) is 26.6 Å². The van der Waals surface area contributed by atoms with Gasteiger partial charge in [-0.05, 0) is 12.0 Å². The largest absolute Gasteiger partial charge is 0.383 e. The Kier molecular flexibility index (Phi) is 6.62. The predicted octanol–water partition coefficient (Wildman–Crippen LogP) is 0.444. The quantitative estimate of drug-likeness (QED) is 0.372. The van der Waals surface area contributed by atoms with Gasteiger partial charge in [0.15, 0.2) is 11.3 Å². The fraction of sp³-hybridized carbons (Fsp3) is 0.304. The van der Waals surface area contributed by atoms with Crippen LogP contribution >= 0.6 is 0 Å². The SMILES string of the molecule is CCCN(C(=O)CCn1cnc2c(cnn2C)c1=O)c1c(N)n(Cc2ccccc2)c(=O)[nH]c1=O. The van der Waals surface area contributed by atoms with E-state index in [1.165, 1.54) is 31.2 Å². The van der Waals surface area contributed by atoms with Crippen molar-refractivity contribution in [1.29, 1.82) is 0 Å². The first-order valence-corrected chi connectivity index (χ1v) is 11.2. The van der Waals surface area contributed by atoms with Crippen LogP contribution in [0.4, 0.5) is 11.5 Å². The lowest BCUT2D eigenvalue weighted by Crippen LogP contribution is -2.42. The zero-order chi connectivity index (χ0) is 25.1. The molecule has 0 unspecified atom stereocenters. The Bertz CT molecular complexity index is 1550. The number of nitrogen functional groups attached to an aromatic ring is 1. The van der Waals surface area contributed by atoms with E-state index in [4.69, 9.17) is 5.73 Å². The zero-order valence-electron chi connectivity index (χ0n) is 19.5. The van der Waals surface area contributed by atoms with Crippen LogP contribution in [0.3, 0.4) is 0 Å². The highest BCUT2D eigenvalue weighted by molar-refractivity contribution is 5.95. The number of nitrogens with one attached hydrogen (secondary N) is 1. The summed E-state index contributed by atoms with van der Waals surface area (Å²) in [5.41, 5.74) is 5.73. The normalized spacial score (nSPS) is 11.1. The Hall–Kier alpha value is -4.48. The Balaban J connectivity index is 1.64. The van der Waals surface area contributed by atoms with Gasteiger partial charge in [-0.1, -0.05) is 37.3 Å². The van der Waals surface area contributed by atoms with Gasteiger partial charge in [0.2, 0.25) is 5.91 Å². The van der Waals surface area contributed by atoms with E-state index in [-0.39, 0.29) is 43.1 Å². The molecule has 4 aromatic rings. The molecule has 0 saturated carbocycles. The van der Waals surface area contributed by atoms with Crippen LogP contribution in [0.2, 0.25) is 0 Å². The number of aromatic amines is 1. The van der Waals surface area contributed by atoms with Gasteiger partial charge in [-0.3, -0.25) is 33.2 Å². The van der Waals surface area contributed by atoms with Crippen molar-refractivity contribution >= 4 is 28.4 Å². The van der Waals surface area contributed by atoms with E-state index in [2.05, 4.69) is 15.1 Å². The van der Waals surface area contributed by atoms with Gasteiger partial charge in [-0.15, -0.1) is 0 Å². The third-order valence-corrected chi connectivity index (χ3v) is 5.70. The van der Waals surface area contributed by atoms with Crippen molar-refractivity contribution in [3.8, 4) is 0 Å². The van der Waals surface area contributed by atoms with E-state index in [9.17, 15) is 19.2 Å². The molecule has 0 saturated heterocycles. The first kappa shape index (κ1) is 23.7. The topological polar surface area (TPSA) is 154 Å². The minimum atomic E-state index is -0.741. The van der Waals surface area contributed by atoms with Crippen LogP contribution in [0.25, 0.3) is 11.0 Å². The minimum absolute atomic E-state index is 0.0528. The van der Waals surface area contributed by atoms with Crippen LogP contribution < -0.4 is 27.4 Å². The molecule has 182 valence electrons. The third-order valence-electron chi connectivity index (χ3n) is 5.70. The molecule has 0 atom stereocenters. The molecule has 0 aliphatic carbocycles. The maximum Gasteiger partial charge on any atom is 0.330 e. The fourth-order valence-electron chi connectivity index (χ4n) is 3.92. The van der Waals surface area contributed by atoms with Crippen molar-refractivity contribution in [3.05, 3.63) is 79.6 Å². The molecular weight excluding hydrogens is 452 g/mol. The number of fused-ring (bicyclic) bond motifs is 1. The number of hydrogen-bond donors (Lipinski definition) is 2. The highest BCUT2D eigenvalue weighted by Crippen LogP contribution is 2.19. The summed E-state index contributed by atoms with van der Waals surface area (Å²) in [5.74, 6) is -0.507. The Morgan fingerprint density at radius 3 is 2.63 bits per heavy atom. The first-order chi connectivity index (χ1) is 16.8. The molecule has 12 heteroatoms. The summed E-state index contributed by atoms with van der Waals surface area (Å²) in [6.07, 6.45) is 3.27. The number of aromatic nitrogens is 6. The Labute approximate surface area is 199 Å². The molecule has 0 fully saturated rings. The second-order valence-electron chi connectivity index (χ2n) is 8.11. The maximum atomic E-state index is 13.2. The smallest absolute Gasteiger partial charge is 0.330 e. The summed E-state index contributed by atoms with van der Waals surface area (Å²) in [6.45, 7) is 2.26. The van der Waals surface area contributed by atoms with Crippen LogP contribution in [0.15, 0.2) is 57.2 Å². The first-order valence-electron chi connectivity index (χ1n) is 11.2. The molecule has 3 N–H and O–H groups in total. The van der Waals surface area contributed by atoms with Gasteiger partial charge >= 0.3 is 5.69 Å². The molecule has 0 bridgehead atoms. The van der Waals surface area contributed by atoms with Crippen molar-refractivity contribution in [2.75, 3.05) is 17.2 Å². The number of rotatable bonds is 8. The summed E-state index contributed by atoms with van der Waals surface area (Å²) in [4.78, 5) is 59.0. The van der Waals surface area contributed by atoms with Crippen LogP contribution in [-0.2, 0) is 24.9 Å². The van der Waals surface area contributed by atoms with E-state index in [1.807, 2.05) is 37.3 Å². The number of amides is 1. The summed E-state index contributed by atoms with van der Waals surface area (Å²) in [7, 11) is 1.68. The van der Waals surface area contributed by atoms with Gasteiger partial charge in [0.1, 0.15) is 11.2 Å². The van der Waals surface area contributed by atoms with Gasteiger partial charge in [0.05, 0.1) is 19.1 Å². The van der Waals surface area contributed by atoms with Crippen molar-refractivity contribution < 1.29 is 4.79 Å². The van der Waals surface area contributed by atoms with Crippen molar-refractivity contribution in [1.82, 2.24) is 28.9 Å². The van der Waals surface area contributed by atoms with Gasteiger partial charge in [-0.2, -0.15) is 5.10 Å². The summed E-state index contributed by atoms with van der Waals surface area (Å²) >= 11 is 0. The number of carbonyl (C=O) groups excluding carboxylic acids is 1. The summed E-state index contributed by atoms with van der Waals surface area (Å²) < 4.78 is 4.05. The molecule has 0 spiro atoms. The second-order valence-corrected chi connectivity index (χ2v) is 8.11. The number of nitrogens with two attached hydrogens (primary N) is 1. The number of aryl methyl sites for hydroxylation is 2. The molecular formula is C23H26N8O4. The number of H-pyrrole nitrogens is 1. The van der Waals surface area contributed by atoms with Crippen LogP contribution in [-0.4, -0.2) is 41.3 Å². The predicted molar refractivity (Wildman–Crippen MR) is 131 cm³/mol. The number of hydrogen-bond acceptors (Lipinski definition) is 7. The Morgan fingerprint density at radius 2 is 1.91 bits per heavy atom. The lowest BCUT2D eigenvalue weighted by molar-refractivity contribution is -0.118. The van der Waals surface area contributed by atoms with Crippen molar-refractivity contribution in [2.45, 2.75) is 32.9 Å². The van der Waals surface area contributed by atoms with Gasteiger partial charge in [0.25, 0.3) is 11.1 Å². The third kappa shape index (κ3) is 4.63. The number of anilines is 2. The van der Waals surface area contributed by atoms with E-state index in [0.717, 1.165) is 5.56 Å². The lowest BCUT2D eigenvalue weighted by Gasteiger charge is -2.24. The number of benzene rings is 1. The highest BCUT2D eigenvalue weighted by Gasteiger charge is 2.24. The van der Waals surface area contributed by atoms with Gasteiger partial charge < -0.3 is 10.6 Å². The lowest BCUT2D eigenvalue weighted by atomic mass is 10.2. The minimum Gasteiger partial charge on any atom is -0.383 e. The zero-order valence-corrected chi connectivity index (χ0v) is 19.5. The fourth-order valence-corrected chi connectivity index (χ4v) is 3.92. The standard InChI is InChI=1S/C23H26N8O4/c1-3-10-30(17(32)9-11-29-14-25-20-16(22(29)34)12-26-28(20)2)18-19(24)31(23(35)27-21(18)33)13-15-7-5-4-6-8-15/h4-8,12,14H,3,9-11,13,24H2,1-2H3,(H,27,33,35). The molecule has 1 aromatic carbocycles. The molecule has 3 heterocycles. The molecule has 0 radical (unpaired) electrons. The summed E-state index contributed by atoms with van der Waals surface area (Å²) in [6, 6.07) is 9.17. The van der Waals surface area contributed by atoms with E-state index < -0.39 is 17.2 Å². The van der Waals surface area contributed by atoms with E-state index >= 15 is 0 Å². The Morgan fingerprint density at radius 1 is 1.17 bits per heavy atom. The van der Waals surface area contributed by atoms with E-state index in [0.29, 0.717) is 17.5 Å². The molecule has 1 amide bonds. The summed E-state index contributed by atoms with van der Waals surface area (Å²) in [5, 5.41) is 4.38. The molecule has 0 aliphatic heterocycles.